The molecule has 7 heteroatoms. The van der Waals surface area contributed by atoms with E-state index in [1.807, 2.05) is 6.07 Å². The summed E-state index contributed by atoms with van der Waals surface area (Å²) in [5.41, 5.74) is 4.09. The monoisotopic (exact) mass is 284 g/mol. The molecule has 0 spiro atoms. The maximum absolute atomic E-state index is 8.84. The molecule has 0 amide bonds. The second kappa shape index (κ2) is 4.90. The number of hydrogen-bond acceptors (Lipinski definition) is 5. The molecular formula is C10H6Cl2N4S. The van der Waals surface area contributed by atoms with Crippen molar-refractivity contribution in [2.75, 3.05) is 5.43 Å². The molecule has 86 valence electrons. The highest BCUT2D eigenvalue weighted by Crippen LogP contribution is 2.37. The average Bonchev–Trinajstić information content (AvgIpc) is 2.67. The number of aromatic nitrogens is 1. The lowest BCUT2D eigenvalue weighted by atomic mass is 10.2. The van der Waals surface area contributed by atoms with Crippen LogP contribution in [0.1, 0.15) is 5.56 Å². The van der Waals surface area contributed by atoms with E-state index in [0.29, 0.717) is 25.7 Å². The van der Waals surface area contributed by atoms with Gasteiger partial charge in [-0.3, -0.25) is 0 Å². The molecule has 3 N–H and O–H groups in total. The molecule has 17 heavy (non-hydrogen) atoms. The van der Waals surface area contributed by atoms with Crippen molar-refractivity contribution in [3.05, 3.63) is 32.4 Å². The molecule has 2 rings (SSSR count). The number of hydrogen-bond donors (Lipinski definition) is 2. The van der Waals surface area contributed by atoms with Gasteiger partial charge in [0, 0.05) is 5.56 Å². The molecule has 2 heterocycles. The van der Waals surface area contributed by atoms with Crippen LogP contribution in [0.15, 0.2) is 18.2 Å². The van der Waals surface area contributed by atoms with Crippen molar-refractivity contribution in [3.8, 4) is 17.3 Å². The van der Waals surface area contributed by atoms with Crippen LogP contribution in [-0.4, -0.2) is 4.98 Å². The topological polar surface area (TPSA) is 74.7 Å². The summed E-state index contributed by atoms with van der Waals surface area (Å²) in [5.74, 6) is 5.61. The molecule has 0 atom stereocenters. The standard InChI is InChI=1S/C10H6Cl2N4S/c11-8-3-6(9(12)17-8)7-2-1-5(4-13)10(15-7)16-14/h1-3H,14H2,(H,15,16). The molecule has 0 aliphatic heterocycles. The molecule has 0 aliphatic carbocycles. The highest BCUT2D eigenvalue weighted by atomic mass is 35.5. The number of anilines is 1. The van der Waals surface area contributed by atoms with Gasteiger partial charge in [0.2, 0.25) is 0 Å². The van der Waals surface area contributed by atoms with Crippen molar-refractivity contribution in [2.45, 2.75) is 0 Å². The second-order valence-electron chi connectivity index (χ2n) is 3.09. The highest BCUT2D eigenvalue weighted by Gasteiger charge is 2.11. The lowest BCUT2D eigenvalue weighted by Gasteiger charge is -2.04. The van der Waals surface area contributed by atoms with Gasteiger partial charge in [-0.15, -0.1) is 11.3 Å². The zero-order valence-corrected chi connectivity index (χ0v) is 10.7. The largest absolute Gasteiger partial charge is 0.307 e. The number of nitrogens with two attached hydrogens (primary N) is 1. The maximum Gasteiger partial charge on any atom is 0.158 e. The molecule has 2 aromatic heterocycles. The molecule has 0 saturated carbocycles. The molecule has 0 aliphatic rings. The third-order valence-electron chi connectivity index (χ3n) is 2.09. The summed E-state index contributed by atoms with van der Waals surface area (Å²) in [5, 5.41) is 8.84. The fraction of sp³-hybridized carbons (Fsp3) is 0. The number of nitrogen functional groups attached to an aromatic ring is 1. The molecule has 0 radical (unpaired) electrons. The predicted molar refractivity (Wildman–Crippen MR) is 70.1 cm³/mol. The van der Waals surface area contributed by atoms with Gasteiger partial charge in [-0.1, -0.05) is 23.2 Å². The number of halogens is 2. The van der Waals surface area contributed by atoms with E-state index < -0.39 is 0 Å². The zero-order chi connectivity index (χ0) is 12.4. The first-order valence-electron chi connectivity index (χ1n) is 4.48. The summed E-state index contributed by atoms with van der Waals surface area (Å²) >= 11 is 13.1. The SMILES string of the molecule is N#Cc1ccc(-c2cc(Cl)sc2Cl)nc1NN. The van der Waals surface area contributed by atoms with E-state index in [9.17, 15) is 0 Å². The number of pyridine rings is 1. The summed E-state index contributed by atoms with van der Waals surface area (Å²) < 4.78 is 1.13. The van der Waals surface area contributed by atoms with Gasteiger partial charge in [-0.25, -0.2) is 10.8 Å². The summed E-state index contributed by atoms with van der Waals surface area (Å²) in [7, 11) is 0. The Hall–Kier alpha value is -1.32. The van der Waals surface area contributed by atoms with Crippen LogP contribution < -0.4 is 11.3 Å². The average molecular weight is 285 g/mol. The smallest absolute Gasteiger partial charge is 0.158 e. The van der Waals surface area contributed by atoms with Crippen LogP contribution in [-0.2, 0) is 0 Å². The molecule has 0 fully saturated rings. The minimum absolute atomic E-state index is 0.309. The number of nitrogens with zero attached hydrogens (tertiary/aromatic N) is 2. The fourth-order valence-electron chi connectivity index (χ4n) is 1.32. The van der Waals surface area contributed by atoms with Crippen molar-refractivity contribution in [1.29, 1.82) is 5.26 Å². The summed E-state index contributed by atoms with van der Waals surface area (Å²) in [6.45, 7) is 0. The van der Waals surface area contributed by atoms with Crippen LogP contribution in [0.25, 0.3) is 11.3 Å². The van der Waals surface area contributed by atoms with Crippen molar-refractivity contribution in [2.24, 2.45) is 5.84 Å². The first-order valence-corrected chi connectivity index (χ1v) is 6.06. The number of nitriles is 1. The Balaban J connectivity index is 2.54. The third kappa shape index (κ3) is 2.35. The van der Waals surface area contributed by atoms with Gasteiger partial charge in [0.1, 0.15) is 10.4 Å². The van der Waals surface area contributed by atoms with Crippen molar-refractivity contribution in [3.63, 3.8) is 0 Å². The van der Waals surface area contributed by atoms with E-state index in [1.54, 1.807) is 18.2 Å². The van der Waals surface area contributed by atoms with E-state index in [4.69, 9.17) is 34.3 Å². The van der Waals surface area contributed by atoms with Gasteiger partial charge in [0.25, 0.3) is 0 Å². The molecule has 0 unspecified atom stereocenters. The first-order chi connectivity index (χ1) is 8.15. The minimum atomic E-state index is 0.309. The van der Waals surface area contributed by atoms with Gasteiger partial charge >= 0.3 is 0 Å². The maximum atomic E-state index is 8.84. The summed E-state index contributed by atoms with van der Waals surface area (Å²) in [4.78, 5) is 4.21. The van der Waals surface area contributed by atoms with Crippen LogP contribution in [0.3, 0.4) is 0 Å². The lowest BCUT2D eigenvalue weighted by molar-refractivity contribution is 1.22. The van der Waals surface area contributed by atoms with Crippen molar-refractivity contribution >= 4 is 40.4 Å². The van der Waals surface area contributed by atoms with Gasteiger partial charge in [0.05, 0.1) is 15.6 Å². The molecule has 0 aromatic carbocycles. The molecular weight excluding hydrogens is 279 g/mol. The van der Waals surface area contributed by atoms with Crippen molar-refractivity contribution < 1.29 is 0 Å². The fourth-order valence-corrected chi connectivity index (χ4v) is 2.81. The normalized spacial score (nSPS) is 10.0. The quantitative estimate of drug-likeness (QED) is 0.656. The number of nitrogens with one attached hydrogen (secondary N) is 1. The van der Waals surface area contributed by atoms with E-state index >= 15 is 0 Å². The number of thiophene rings is 1. The van der Waals surface area contributed by atoms with E-state index in [-0.39, 0.29) is 0 Å². The Morgan fingerprint density at radius 3 is 2.71 bits per heavy atom. The van der Waals surface area contributed by atoms with Crippen LogP contribution in [0.5, 0.6) is 0 Å². The molecule has 0 bridgehead atoms. The predicted octanol–water partition coefficient (Wildman–Crippen LogP) is 3.27. The Kier molecular flexibility index (Phi) is 3.50. The Morgan fingerprint density at radius 2 is 2.18 bits per heavy atom. The lowest BCUT2D eigenvalue weighted by Crippen LogP contribution is -2.10. The molecule has 2 aromatic rings. The third-order valence-corrected chi connectivity index (χ3v) is 3.57. The minimum Gasteiger partial charge on any atom is -0.307 e. The van der Waals surface area contributed by atoms with Gasteiger partial charge < -0.3 is 5.43 Å². The Labute approximate surface area is 112 Å². The van der Waals surface area contributed by atoms with Gasteiger partial charge in [-0.2, -0.15) is 5.26 Å². The second-order valence-corrected chi connectivity index (χ2v) is 5.37. The first kappa shape index (κ1) is 12.1. The van der Waals surface area contributed by atoms with Gasteiger partial charge in [-0.05, 0) is 18.2 Å². The van der Waals surface area contributed by atoms with Gasteiger partial charge in [0.15, 0.2) is 5.82 Å². The highest BCUT2D eigenvalue weighted by molar-refractivity contribution is 7.20. The van der Waals surface area contributed by atoms with E-state index in [1.165, 1.54) is 11.3 Å². The number of hydrazine groups is 1. The molecule has 4 nitrogen and oxygen atoms in total. The van der Waals surface area contributed by atoms with E-state index in [2.05, 4.69) is 10.4 Å². The van der Waals surface area contributed by atoms with Crippen molar-refractivity contribution in [1.82, 2.24) is 4.98 Å². The Morgan fingerprint density at radius 1 is 1.41 bits per heavy atom. The number of rotatable bonds is 2. The molecule has 0 saturated heterocycles. The van der Waals surface area contributed by atoms with Crippen LogP contribution in [0.4, 0.5) is 5.82 Å². The summed E-state index contributed by atoms with van der Waals surface area (Å²) in [6.07, 6.45) is 0. The zero-order valence-electron chi connectivity index (χ0n) is 8.37. The van der Waals surface area contributed by atoms with Crippen LogP contribution >= 0.6 is 34.5 Å². The van der Waals surface area contributed by atoms with E-state index in [0.717, 1.165) is 5.56 Å². The van der Waals surface area contributed by atoms with Crippen LogP contribution in [0.2, 0.25) is 8.67 Å². The Bertz CT molecular complexity index is 603. The van der Waals surface area contributed by atoms with Crippen LogP contribution in [0, 0.1) is 11.3 Å². The summed E-state index contributed by atoms with van der Waals surface area (Å²) in [6, 6.07) is 7.03.